The Morgan fingerprint density at radius 1 is 0.386 bits per heavy atom. The van der Waals surface area contributed by atoms with Crippen LogP contribution in [0.5, 0.6) is 0 Å². The lowest BCUT2D eigenvalue weighted by molar-refractivity contribution is -0.298. The van der Waals surface area contributed by atoms with E-state index in [2.05, 4.69) is 13.8 Å². The molecule has 6 atom stereocenters. The fraction of sp³-hybridized carbons (Fsp3) is 0.949. The van der Waals surface area contributed by atoms with Crippen molar-refractivity contribution in [3.05, 3.63) is 0 Å². The van der Waals surface area contributed by atoms with Crippen molar-refractivity contribution >= 4 is 17.9 Å². The van der Waals surface area contributed by atoms with Crippen LogP contribution in [0, 0.1) is 0 Å². The summed E-state index contributed by atoms with van der Waals surface area (Å²) in [6.07, 6.45) is 47.4. The molecule has 0 aliphatic carbocycles. The molecule has 1 saturated heterocycles. The molecule has 1 rings (SSSR count). The molecule has 1 aliphatic heterocycles. The summed E-state index contributed by atoms with van der Waals surface area (Å²) in [6.45, 7) is 3.90. The molecule has 70 heavy (non-hydrogen) atoms. The minimum atomic E-state index is -1.86. The van der Waals surface area contributed by atoms with Crippen molar-refractivity contribution in [3.8, 4) is 0 Å². The number of carboxylic acid groups (broad SMARTS) is 1. The van der Waals surface area contributed by atoms with E-state index in [1.807, 2.05) is 0 Å². The van der Waals surface area contributed by atoms with Crippen LogP contribution in [0.3, 0.4) is 0 Å². The molecule has 1 heterocycles. The maximum Gasteiger partial charge on any atom is 0.335 e. The number of hydrogen-bond acceptors (Lipinski definition) is 10. The van der Waals surface area contributed by atoms with E-state index < -0.39 is 54.7 Å². The topological polar surface area (TPSA) is 169 Å². The van der Waals surface area contributed by atoms with Gasteiger partial charge in [-0.15, -0.1) is 0 Å². The third-order valence-electron chi connectivity index (χ3n) is 14.5. The van der Waals surface area contributed by atoms with Crippen LogP contribution in [0.15, 0.2) is 0 Å². The van der Waals surface area contributed by atoms with E-state index >= 15 is 0 Å². The summed E-state index contributed by atoms with van der Waals surface area (Å²) in [5.41, 5.74) is 0. The van der Waals surface area contributed by atoms with Crippen LogP contribution in [0.4, 0.5) is 0 Å². The van der Waals surface area contributed by atoms with Crippen molar-refractivity contribution in [2.75, 3.05) is 13.2 Å². The number of carbonyl (C=O) groups is 3. The predicted molar refractivity (Wildman–Crippen MR) is 285 cm³/mol. The van der Waals surface area contributed by atoms with Gasteiger partial charge in [-0.3, -0.25) is 9.59 Å². The van der Waals surface area contributed by atoms with Gasteiger partial charge in [0.2, 0.25) is 0 Å². The standard InChI is InChI=1S/C59H112O11/c1-3-5-7-9-11-13-15-17-19-21-23-25-27-29-31-33-35-37-39-41-43-45-47-52(60)67-49-51(50-68-59-56(64)54(62)55(63)57(70-59)58(65)66)69-53(61)48-46-44-42-40-38-36-34-32-30-28-26-24-22-20-18-16-14-12-10-8-6-4-2/h51,54-57,59,62-64H,3-50H2,1-2H3,(H,65,66). The smallest absolute Gasteiger partial charge is 0.335 e. The van der Waals surface area contributed by atoms with E-state index in [0.717, 1.165) is 38.5 Å². The molecule has 1 fully saturated rings. The minimum Gasteiger partial charge on any atom is -0.479 e. The molecule has 11 nitrogen and oxygen atoms in total. The molecule has 414 valence electrons. The molecule has 0 saturated carbocycles. The van der Waals surface area contributed by atoms with Gasteiger partial charge in [-0.1, -0.05) is 284 Å². The zero-order chi connectivity index (χ0) is 51.0. The van der Waals surface area contributed by atoms with Gasteiger partial charge in [0.05, 0.1) is 6.61 Å². The third-order valence-corrected chi connectivity index (χ3v) is 14.5. The highest BCUT2D eigenvalue weighted by atomic mass is 16.7. The highest BCUT2D eigenvalue weighted by molar-refractivity contribution is 5.73. The molecule has 11 heteroatoms. The Morgan fingerprint density at radius 2 is 0.671 bits per heavy atom. The summed E-state index contributed by atoms with van der Waals surface area (Å²) in [4.78, 5) is 37.1. The second-order valence-electron chi connectivity index (χ2n) is 21.2. The monoisotopic (exact) mass is 997 g/mol. The molecule has 1 aliphatic rings. The van der Waals surface area contributed by atoms with E-state index in [4.69, 9.17) is 18.9 Å². The van der Waals surface area contributed by atoms with Crippen LogP contribution in [0.25, 0.3) is 0 Å². The van der Waals surface area contributed by atoms with Gasteiger partial charge in [0.1, 0.15) is 24.9 Å². The number of esters is 2. The van der Waals surface area contributed by atoms with Crippen LogP contribution in [0.2, 0.25) is 0 Å². The first kappa shape index (κ1) is 66.2. The fourth-order valence-electron chi connectivity index (χ4n) is 9.77. The molecule has 0 bridgehead atoms. The summed E-state index contributed by atoms with van der Waals surface area (Å²) in [5.74, 6) is -2.41. The molecule has 0 radical (unpaired) electrons. The molecular formula is C59H112O11. The van der Waals surface area contributed by atoms with Gasteiger partial charge in [0.25, 0.3) is 0 Å². The number of aliphatic carboxylic acids is 1. The maximum atomic E-state index is 12.9. The number of rotatable bonds is 53. The fourth-order valence-corrected chi connectivity index (χ4v) is 9.77. The SMILES string of the molecule is CCCCCCCCCCCCCCCCCCCCCCCCC(=O)OCC(COC1OC(C(=O)O)C(O)C(O)C1O)OC(=O)CCCCCCCCCCCCCCCCCCCCCCCC. The number of unbranched alkanes of at least 4 members (excludes halogenated alkanes) is 42. The zero-order valence-electron chi connectivity index (χ0n) is 45.6. The van der Waals surface area contributed by atoms with Crippen LogP contribution in [-0.4, -0.2) is 88.4 Å². The predicted octanol–water partition coefficient (Wildman–Crippen LogP) is 15.3. The van der Waals surface area contributed by atoms with E-state index in [1.165, 1.54) is 231 Å². The summed E-state index contributed by atoms with van der Waals surface area (Å²) < 4.78 is 21.9. The number of aliphatic hydroxyl groups excluding tert-OH is 3. The lowest BCUT2D eigenvalue weighted by Gasteiger charge is -2.38. The molecular weight excluding hydrogens is 885 g/mol. The summed E-state index contributed by atoms with van der Waals surface area (Å²) >= 11 is 0. The quantitative estimate of drug-likeness (QED) is 0.0338. The lowest BCUT2D eigenvalue weighted by Crippen LogP contribution is -2.60. The Hall–Kier alpha value is -1.79. The van der Waals surface area contributed by atoms with Crippen LogP contribution in [0.1, 0.15) is 309 Å². The summed E-state index contributed by atoms with van der Waals surface area (Å²) in [5, 5.41) is 40.1. The Labute approximate surface area is 429 Å². The van der Waals surface area contributed by atoms with Gasteiger partial charge >= 0.3 is 17.9 Å². The van der Waals surface area contributed by atoms with Crippen molar-refractivity contribution in [3.63, 3.8) is 0 Å². The highest BCUT2D eigenvalue weighted by Gasteiger charge is 2.47. The van der Waals surface area contributed by atoms with Crippen molar-refractivity contribution in [2.24, 2.45) is 0 Å². The summed E-state index contributed by atoms with van der Waals surface area (Å²) in [7, 11) is 0. The third kappa shape index (κ3) is 39.7. The molecule has 0 aromatic rings. The first-order chi connectivity index (χ1) is 34.2. The molecule has 6 unspecified atom stereocenters. The lowest BCUT2D eigenvalue weighted by atomic mass is 9.99. The van der Waals surface area contributed by atoms with Gasteiger partial charge in [-0.25, -0.2) is 4.79 Å². The number of ether oxygens (including phenoxy) is 4. The molecule has 4 N–H and O–H groups in total. The van der Waals surface area contributed by atoms with Gasteiger partial charge in [0.15, 0.2) is 18.5 Å². The van der Waals surface area contributed by atoms with Crippen molar-refractivity contribution in [1.29, 1.82) is 0 Å². The second kappa shape index (κ2) is 49.4. The number of aliphatic hydroxyl groups is 3. The minimum absolute atomic E-state index is 0.192. The average Bonchev–Trinajstić information content (AvgIpc) is 3.35. The van der Waals surface area contributed by atoms with Gasteiger partial charge < -0.3 is 39.4 Å². The van der Waals surface area contributed by atoms with Crippen LogP contribution in [-0.2, 0) is 33.3 Å². The first-order valence-electron chi connectivity index (χ1n) is 30.1. The Balaban J connectivity index is 2.20. The van der Waals surface area contributed by atoms with Gasteiger partial charge in [0, 0.05) is 12.8 Å². The Kier molecular flexibility index (Phi) is 46.8. The van der Waals surface area contributed by atoms with E-state index in [1.54, 1.807) is 0 Å². The molecule has 0 amide bonds. The molecule has 0 aromatic carbocycles. The van der Waals surface area contributed by atoms with Crippen LogP contribution >= 0.6 is 0 Å². The first-order valence-corrected chi connectivity index (χ1v) is 30.1. The summed E-state index contributed by atoms with van der Waals surface area (Å²) in [6, 6.07) is 0. The van der Waals surface area contributed by atoms with E-state index in [-0.39, 0.29) is 26.1 Å². The van der Waals surface area contributed by atoms with Crippen molar-refractivity contribution in [2.45, 2.75) is 346 Å². The molecule has 0 spiro atoms. The largest absolute Gasteiger partial charge is 0.479 e. The average molecular weight is 998 g/mol. The van der Waals surface area contributed by atoms with Crippen LogP contribution < -0.4 is 0 Å². The normalized spacial score (nSPS) is 18.6. The van der Waals surface area contributed by atoms with Gasteiger partial charge in [-0.2, -0.15) is 0 Å². The van der Waals surface area contributed by atoms with Crippen molar-refractivity contribution < 1.29 is 53.8 Å². The molecule has 0 aromatic heterocycles. The second-order valence-corrected chi connectivity index (χ2v) is 21.2. The van der Waals surface area contributed by atoms with E-state index in [9.17, 15) is 34.8 Å². The number of hydrogen-bond donors (Lipinski definition) is 4. The number of carbonyl (C=O) groups excluding carboxylic acids is 2. The van der Waals surface area contributed by atoms with E-state index in [0.29, 0.717) is 12.8 Å². The Bertz CT molecular complexity index is 1170. The Morgan fingerprint density at radius 3 is 0.971 bits per heavy atom. The van der Waals surface area contributed by atoms with Crippen molar-refractivity contribution in [1.82, 2.24) is 0 Å². The highest BCUT2D eigenvalue weighted by Crippen LogP contribution is 2.24. The zero-order valence-corrected chi connectivity index (χ0v) is 45.6. The van der Waals surface area contributed by atoms with Gasteiger partial charge in [-0.05, 0) is 12.8 Å². The number of carboxylic acids is 1. The maximum absolute atomic E-state index is 12.9.